The Bertz CT molecular complexity index is 685. The lowest BCUT2D eigenvalue weighted by molar-refractivity contribution is -0.126. The molecule has 1 atom stereocenters. The fourth-order valence-electron chi connectivity index (χ4n) is 2.72. The molecule has 2 aliphatic heterocycles. The van der Waals surface area contributed by atoms with Crippen LogP contribution < -0.4 is 10.6 Å². The second-order valence-electron chi connectivity index (χ2n) is 6.16. The highest BCUT2D eigenvalue weighted by molar-refractivity contribution is 7.91. The Balaban J connectivity index is 0.00000225. The van der Waals surface area contributed by atoms with Crippen LogP contribution in [0.5, 0.6) is 0 Å². The number of rotatable bonds is 6. The molecule has 0 aliphatic carbocycles. The van der Waals surface area contributed by atoms with Crippen molar-refractivity contribution in [2.45, 2.75) is 17.7 Å². The van der Waals surface area contributed by atoms with E-state index >= 15 is 0 Å². The molecule has 1 aromatic heterocycles. The Morgan fingerprint density at radius 3 is 2.68 bits per heavy atom. The van der Waals surface area contributed by atoms with Gasteiger partial charge in [0.2, 0.25) is 5.91 Å². The summed E-state index contributed by atoms with van der Waals surface area (Å²) in [5.41, 5.74) is 0. The second-order valence-corrected chi connectivity index (χ2v) is 9.50. The zero-order chi connectivity index (χ0) is 17.2. The summed E-state index contributed by atoms with van der Waals surface area (Å²) in [7, 11) is -3.45. The van der Waals surface area contributed by atoms with Gasteiger partial charge in [0.05, 0.1) is 19.8 Å². The lowest BCUT2D eigenvalue weighted by Gasteiger charge is -2.31. The molecule has 1 aromatic rings. The van der Waals surface area contributed by atoms with E-state index in [-0.39, 0.29) is 24.2 Å². The maximum absolute atomic E-state index is 12.6. The lowest BCUT2D eigenvalue weighted by atomic mass is 9.88. The smallest absolute Gasteiger partial charge is 0.252 e. The van der Waals surface area contributed by atoms with Gasteiger partial charge in [-0.05, 0) is 31.1 Å². The molecule has 2 fully saturated rings. The summed E-state index contributed by atoms with van der Waals surface area (Å²) >= 11 is 1.22. The van der Waals surface area contributed by atoms with Crippen molar-refractivity contribution in [3.05, 3.63) is 17.0 Å². The van der Waals surface area contributed by atoms with E-state index in [1.54, 1.807) is 12.1 Å². The molecule has 2 saturated heterocycles. The van der Waals surface area contributed by atoms with Crippen molar-refractivity contribution >= 4 is 39.7 Å². The van der Waals surface area contributed by atoms with Gasteiger partial charge in [0, 0.05) is 23.9 Å². The minimum atomic E-state index is -3.45. The van der Waals surface area contributed by atoms with Crippen molar-refractivity contribution in [2.75, 3.05) is 39.4 Å². The highest BCUT2D eigenvalue weighted by atomic mass is 35.5. The van der Waals surface area contributed by atoms with E-state index in [1.165, 1.54) is 15.6 Å². The fraction of sp³-hybridized carbons (Fsp3) is 0.667. The molecule has 0 saturated carbocycles. The summed E-state index contributed by atoms with van der Waals surface area (Å²) in [4.78, 5) is 13.0. The molecule has 0 aromatic carbocycles. The van der Waals surface area contributed by atoms with Crippen LogP contribution in [-0.4, -0.2) is 58.0 Å². The maximum Gasteiger partial charge on any atom is 0.252 e. The van der Waals surface area contributed by atoms with Gasteiger partial charge in [0.25, 0.3) is 10.0 Å². The first-order valence-electron chi connectivity index (χ1n) is 8.13. The number of morpholine rings is 1. The molecule has 0 spiro atoms. The van der Waals surface area contributed by atoms with Crippen LogP contribution in [0.25, 0.3) is 0 Å². The molecule has 0 radical (unpaired) electrons. The fourth-order valence-corrected chi connectivity index (χ4v) is 5.58. The largest absolute Gasteiger partial charge is 0.379 e. The molecule has 25 heavy (non-hydrogen) atoms. The topological polar surface area (TPSA) is 87.7 Å². The number of carbonyl (C=O) groups excluding carboxylic acids is 1. The minimum absolute atomic E-state index is 0. The molecule has 1 unspecified atom stereocenters. The summed E-state index contributed by atoms with van der Waals surface area (Å²) in [6.07, 6.45) is 0. The van der Waals surface area contributed by atoms with Crippen LogP contribution in [0.15, 0.2) is 16.3 Å². The number of carbonyl (C=O) groups is 1. The van der Waals surface area contributed by atoms with Crippen molar-refractivity contribution in [1.82, 2.24) is 14.9 Å². The first kappa shape index (κ1) is 20.6. The van der Waals surface area contributed by atoms with Crippen LogP contribution in [0, 0.1) is 11.8 Å². The average molecular weight is 410 g/mol. The molecule has 2 N–H and O–H groups in total. The summed E-state index contributed by atoms with van der Waals surface area (Å²) in [6, 6.07) is 3.39. The molecule has 3 rings (SSSR count). The van der Waals surface area contributed by atoms with E-state index in [2.05, 4.69) is 10.6 Å². The Kier molecular flexibility index (Phi) is 7.24. The van der Waals surface area contributed by atoms with Gasteiger partial charge in [-0.2, -0.15) is 4.31 Å². The van der Waals surface area contributed by atoms with Crippen molar-refractivity contribution in [1.29, 1.82) is 0 Å². The SMILES string of the molecule is CC(C(=O)NCc1ccc(S(=O)(=O)N2CCOCC2)s1)C1CNC1.Cl. The van der Waals surface area contributed by atoms with E-state index in [9.17, 15) is 13.2 Å². The number of halogens is 1. The number of amides is 1. The monoisotopic (exact) mass is 409 g/mol. The van der Waals surface area contributed by atoms with Crippen molar-refractivity contribution in [3.8, 4) is 0 Å². The van der Waals surface area contributed by atoms with Gasteiger partial charge in [-0.3, -0.25) is 4.79 Å². The van der Waals surface area contributed by atoms with Crippen LogP contribution in [0.2, 0.25) is 0 Å². The van der Waals surface area contributed by atoms with Crippen molar-refractivity contribution in [2.24, 2.45) is 11.8 Å². The van der Waals surface area contributed by atoms with E-state index in [4.69, 9.17) is 4.74 Å². The van der Waals surface area contributed by atoms with Gasteiger partial charge >= 0.3 is 0 Å². The second kappa shape index (κ2) is 8.79. The number of ether oxygens (including phenoxy) is 1. The van der Waals surface area contributed by atoms with E-state index in [0.717, 1.165) is 18.0 Å². The van der Waals surface area contributed by atoms with E-state index < -0.39 is 10.0 Å². The van der Waals surface area contributed by atoms with Crippen molar-refractivity contribution in [3.63, 3.8) is 0 Å². The summed E-state index contributed by atoms with van der Waals surface area (Å²) < 4.78 is 32.1. The minimum Gasteiger partial charge on any atom is -0.379 e. The zero-order valence-electron chi connectivity index (χ0n) is 14.1. The predicted molar refractivity (Wildman–Crippen MR) is 98.5 cm³/mol. The van der Waals surface area contributed by atoms with Gasteiger partial charge < -0.3 is 15.4 Å². The van der Waals surface area contributed by atoms with E-state index in [1.807, 2.05) is 6.92 Å². The van der Waals surface area contributed by atoms with Crippen LogP contribution >= 0.6 is 23.7 Å². The van der Waals surface area contributed by atoms with Crippen LogP contribution in [-0.2, 0) is 26.1 Å². The zero-order valence-corrected chi connectivity index (χ0v) is 16.5. The van der Waals surface area contributed by atoms with Gasteiger partial charge in [0.15, 0.2) is 0 Å². The number of hydrogen-bond donors (Lipinski definition) is 2. The summed E-state index contributed by atoms with van der Waals surface area (Å²) in [5, 5.41) is 6.07. The highest BCUT2D eigenvalue weighted by Crippen LogP contribution is 2.25. The Labute approximate surface area is 158 Å². The Morgan fingerprint density at radius 1 is 1.40 bits per heavy atom. The average Bonchev–Trinajstić information content (AvgIpc) is 3.01. The van der Waals surface area contributed by atoms with Crippen LogP contribution in [0.3, 0.4) is 0 Å². The lowest BCUT2D eigenvalue weighted by Crippen LogP contribution is -2.49. The highest BCUT2D eigenvalue weighted by Gasteiger charge is 2.29. The van der Waals surface area contributed by atoms with Gasteiger partial charge in [-0.15, -0.1) is 23.7 Å². The third-order valence-electron chi connectivity index (χ3n) is 4.57. The summed E-state index contributed by atoms with van der Waals surface area (Å²) in [6.45, 7) is 5.71. The normalized spacial score (nSPS) is 20.4. The molecule has 7 nitrogen and oxygen atoms in total. The van der Waals surface area contributed by atoms with E-state index in [0.29, 0.717) is 43.0 Å². The summed E-state index contributed by atoms with van der Waals surface area (Å²) in [5.74, 6) is 0.390. The molecule has 0 bridgehead atoms. The maximum atomic E-state index is 12.6. The Hall–Kier alpha value is -0.710. The molecule has 1 amide bonds. The number of thiophene rings is 1. The molecular formula is C15H24ClN3O4S2. The number of nitrogens with one attached hydrogen (secondary N) is 2. The molecule has 10 heteroatoms. The standard InChI is InChI=1S/C15H23N3O4S2.ClH/c1-11(12-8-16-9-12)15(19)17-10-13-2-3-14(23-13)24(20,21)18-4-6-22-7-5-18;/h2-3,11-12,16H,4-10H2,1H3,(H,17,19);1H. The molecule has 142 valence electrons. The third kappa shape index (κ3) is 4.72. The first-order valence-corrected chi connectivity index (χ1v) is 10.4. The first-order chi connectivity index (χ1) is 11.5. The predicted octanol–water partition coefficient (Wildman–Crippen LogP) is 0.662. The number of sulfonamides is 1. The van der Waals surface area contributed by atoms with Crippen molar-refractivity contribution < 1.29 is 17.9 Å². The number of hydrogen-bond acceptors (Lipinski definition) is 6. The molecule has 2 aliphatic rings. The van der Waals surface area contributed by atoms with Gasteiger partial charge in [-0.25, -0.2) is 8.42 Å². The van der Waals surface area contributed by atoms with Gasteiger partial charge in [-0.1, -0.05) is 6.92 Å². The van der Waals surface area contributed by atoms with Gasteiger partial charge in [0.1, 0.15) is 4.21 Å². The molecular weight excluding hydrogens is 386 g/mol. The quantitative estimate of drug-likeness (QED) is 0.720. The molecule has 3 heterocycles. The number of nitrogens with zero attached hydrogens (tertiary/aromatic N) is 1. The Morgan fingerprint density at radius 2 is 2.08 bits per heavy atom. The van der Waals surface area contributed by atoms with Crippen LogP contribution in [0.4, 0.5) is 0 Å². The van der Waals surface area contributed by atoms with Crippen LogP contribution in [0.1, 0.15) is 11.8 Å². The third-order valence-corrected chi connectivity index (χ3v) is 8.02.